The summed E-state index contributed by atoms with van der Waals surface area (Å²) in [6.45, 7) is 16.3. The van der Waals surface area contributed by atoms with E-state index in [9.17, 15) is 75.5 Å². The van der Waals surface area contributed by atoms with Crippen LogP contribution < -0.4 is 13.7 Å². The molecule has 0 aliphatic carbocycles. The van der Waals surface area contributed by atoms with E-state index in [1.165, 1.54) is 50.1 Å². The van der Waals surface area contributed by atoms with Crippen LogP contribution in [0.2, 0.25) is 0 Å². The first-order chi connectivity index (χ1) is 24.8. The van der Waals surface area contributed by atoms with Gasteiger partial charge in [0, 0.05) is 51.6 Å². The van der Waals surface area contributed by atoms with Gasteiger partial charge in [-0.2, -0.15) is 0 Å². The van der Waals surface area contributed by atoms with Crippen molar-refractivity contribution < 1.29 is 89.2 Å². The van der Waals surface area contributed by atoms with Gasteiger partial charge in [-0.05, 0) is 74.9 Å². The number of hydrogen-bond acceptors (Lipinski definition) is 0. The molecule has 0 saturated heterocycles. The van der Waals surface area contributed by atoms with Crippen LogP contribution in [0.3, 0.4) is 0 Å². The third-order valence-electron chi connectivity index (χ3n) is 7.29. The number of rotatable bonds is 9. The molecule has 3 aromatic heterocycles. The standard InChI is InChI=1S/C33H42N3.3F6P/c1-7-28-31(22-34-16-10-13-25(4)19-34)29(8-2)33(24-36-18-12-15-27(6)21-36)30(9-3)32(28)23-35-17-11-14-26(5)20-35;3*1-7(2,3,4,5)6/h10-21H,7-9,22-24H2,1-6H3;;;/q+3;3*-1. The predicted octanol–water partition coefficient (Wildman–Crippen LogP) is 15.5. The van der Waals surface area contributed by atoms with E-state index in [-0.39, 0.29) is 0 Å². The van der Waals surface area contributed by atoms with Crippen molar-refractivity contribution in [3.05, 3.63) is 124 Å². The third kappa shape index (κ3) is 28.7. The third-order valence-corrected chi connectivity index (χ3v) is 7.29. The summed E-state index contributed by atoms with van der Waals surface area (Å²) in [7, 11) is -32.0. The van der Waals surface area contributed by atoms with Crippen molar-refractivity contribution >= 4 is 23.4 Å². The van der Waals surface area contributed by atoms with Crippen LogP contribution in [0.5, 0.6) is 0 Å². The van der Waals surface area contributed by atoms with Gasteiger partial charge in [0.1, 0.15) is 0 Å². The summed E-state index contributed by atoms with van der Waals surface area (Å²) in [5, 5.41) is 0. The number of hydrogen-bond donors (Lipinski definition) is 0. The minimum atomic E-state index is -10.7. The van der Waals surface area contributed by atoms with Crippen LogP contribution in [-0.4, -0.2) is 0 Å². The van der Waals surface area contributed by atoms with Crippen molar-refractivity contribution in [2.24, 2.45) is 0 Å². The van der Waals surface area contributed by atoms with Crippen LogP contribution in [0, 0.1) is 20.8 Å². The fraction of sp³-hybridized carbons (Fsp3) is 0.364. The normalized spacial score (nSPS) is 15.6. The van der Waals surface area contributed by atoms with Crippen LogP contribution in [-0.2, 0) is 38.9 Å². The SMILES string of the molecule is CCc1c(C[n+]2cccc(C)c2)c(CC)c(C[n+]2cccc(C)c2)c(CC)c1C[n+]1cccc(C)c1.F[P-](F)(F)(F)(F)F.F[P-](F)(F)(F)(F)F.F[P-](F)(F)(F)(F)F. The molecule has 4 rings (SSSR count). The molecule has 0 unspecified atom stereocenters. The molecule has 1 aromatic carbocycles. The van der Waals surface area contributed by atoms with E-state index in [4.69, 9.17) is 0 Å². The summed E-state index contributed by atoms with van der Waals surface area (Å²) in [4.78, 5) is 0. The second kappa shape index (κ2) is 15.4. The van der Waals surface area contributed by atoms with E-state index in [2.05, 4.69) is 129 Å². The Morgan fingerprint density at radius 1 is 0.351 bits per heavy atom. The quantitative estimate of drug-likeness (QED) is 0.0901. The monoisotopic (exact) mass is 915 g/mol. The molecule has 4 aromatic rings. The summed E-state index contributed by atoms with van der Waals surface area (Å²) < 4.78 is 185. The Bertz CT molecular complexity index is 1740. The predicted molar refractivity (Wildman–Crippen MR) is 187 cm³/mol. The van der Waals surface area contributed by atoms with E-state index in [0.29, 0.717) is 0 Å². The average molecular weight is 916 g/mol. The van der Waals surface area contributed by atoms with Crippen molar-refractivity contribution in [2.45, 2.75) is 80.4 Å². The molecule has 0 atom stereocenters. The van der Waals surface area contributed by atoms with Gasteiger partial charge in [0.05, 0.1) is 0 Å². The molecule has 0 saturated carbocycles. The number of benzene rings is 1. The molecule has 3 nitrogen and oxygen atoms in total. The van der Waals surface area contributed by atoms with Gasteiger partial charge in [-0.15, -0.1) is 0 Å². The van der Waals surface area contributed by atoms with Gasteiger partial charge in [-0.3, -0.25) is 0 Å². The van der Waals surface area contributed by atoms with Crippen molar-refractivity contribution in [3.8, 4) is 0 Å². The first kappa shape index (κ1) is 51.7. The second-order valence-corrected chi connectivity index (χ2v) is 18.7. The van der Waals surface area contributed by atoms with E-state index in [0.717, 1.165) is 38.9 Å². The Kier molecular flexibility index (Phi) is 14.0. The van der Waals surface area contributed by atoms with E-state index >= 15 is 0 Å². The zero-order valence-corrected chi connectivity index (χ0v) is 33.8. The number of pyridine rings is 3. The Balaban J connectivity index is 0.000000632. The molecule has 0 N–H and O–H groups in total. The molecule has 330 valence electrons. The molecule has 0 radical (unpaired) electrons. The maximum atomic E-state index is 9.87. The molecule has 0 spiro atoms. The second-order valence-electron chi connectivity index (χ2n) is 13.0. The molecule has 24 heteroatoms. The Labute approximate surface area is 316 Å². The topological polar surface area (TPSA) is 11.6 Å². The van der Waals surface area contributed by atoms with E-state index in [1.807, 2.05) is 0 Å². The summed E-state index contributed by atoms with van der Waals surface area (Å²) in [6.07, 6.45) is 16.6. The van der Waals surface area contributed by atoms with Crippen LogP contribution >= 0.6 is 23.4 Å². The first-order valence-corrected chi connectivity index (χ1v) is 22.6. The summed E-state index contributed by atoms with van der Waals surface area (Å²) in [5.41, 5.74) is 13.0. The molecule has 3 heterocycles. The van der Waals surface area contributed by atoms with Gasteiger partial charge in [-0.1, -0.05) is 20.8 Å². The number of aromatic nitrogens is 3. The maximum absolute atomic E-state index is 10.7. The zero-order chi connectivity index (χ0) is 44.9. The summed E-state index contributed by atoms with van der Waals surface area (Å²) >= 11 is 0. The van der Waals surface area contributed by atoms with Crippen LogP contribution in [0.1, 0.15) is 70.8 Å². The number of halogens is 18. The zero-order valence-electron chi connectivity index (χ0n) is 31.2. The fourth-order valence-electron chi connectivity index (χ4n) is 5.75. The van der Waals surface area contributed by atoms with Gasteiger partial charge in [0.2, 0.25) is 0 Å². The molecule has 0 amide bonds. The molecular formula is C33H42F18N3P3. The van der Waals surface area contributed by atoms with Crippen molar-refractivity contribution in [1.29, 1.82) is 0 Å². The molecular weight excluding hydrogens is 873 g/mol. The van der Waals surface area contributed by atoms with Gasteiger partial charge < -0.3 is 0 Å². The average Bonchev–Trinajstić information content (AvgIpc) is 2.93. The molecule has 0 bridgehead atoms. The summed E-state index contributed by atoms with van der Waals surface area (Å²) in [5.74, 6) is 0. The van der Waals surface area contributed by atoms with E-state index < -0.39 is 23.4 Å². The van der Waals surface area contributed by atoms with Crippen molar-refractivity contribution in [1.82, 2.24) is 0 Å². The van der Waals surface area contributed by atoms with Crippen LogP contribution in [0.4, 0.5) is 75.5 Å². The van der Waals surface area contributed by atoms with E-state index in [1.54, 1.807) is 0 Å². The Morgan fingerprint density at radius 2 is 0.526 bits per heavy atom. The molecule has 57 heavy (non-hydrogen) atoms. The Hall–Kier alpha value is -3.30. The van der Waals surface area contributed by atoms with Gasteiger partial charge in [-0.25, -0.2) is 13.7 Å². The minimum absolute atomic E-state index is 0.912. The van der Waals surface area contributed by atoms with Gasteiger partial charge in [0.25, 0.3) is 0 Å². The fourth-order valence-corrected chi connectivity index (χ4v) is 5.75. The van der Waals surface area contributed by atoms with Crippen LogP contribution in [0.25, 0.3) is 0 Å². The van der Waals surface area contributed by atoms with Crippen LogP contribution in [0.15, 0.2) is 73.6 Å². The van der Waals surface area contributed by atoms with Crippen molar-refractivity contribution in [2.75, 3.05) is 0 Å². The molecule has 0 aliphatic rings. The van der Waals surface area contributed by atoms with Gasteiger partial charge in [0.15, 0.2) is 56.8 Å². The molecule has 0 fully saturated rings. The Morgan fingerprint density at radius 3 is 0.667 bits per heavy atom. The number of nitrogens with zero attached hydrogens (tertiary/aromatic N) is 3. The summed E-state index contributed by atoms with van der Waals surface area (Å²) in [6, 6.07) is 13.0. The van der Waals surface area contributed by atoms with Gasteiger partial charge >= 0.3 is 99.0 Å². The first-order valence-electron chi connectivity index (χ1n) is 16.5. The van der Waals surface area contributed by atoms with Crippen molar-refractivity contribution in [3.63, 3.8) is 0 Å². The number of aryl methyl sites for hydroxylation is 3. The molecule has 0 aliphatic heterocycles.